The molecule has 1 aromatic heterocycles. The highest BCUT2D eigenvalue weighted by Crippen LogP contribution is 2.33. The summed E-state index contributed by atoms with van der Waals surface area (Å²) in [6.45, 7) is 2.01. The van der Waals surface area contributed by atoms with Gasteiger partial charge in [-0.3, -0.25) is 0 Å². The summed E-state index contributed by atoms with van der Waals surface area (Å²) < 4.78 is 1.14. The highest BCUT2D eigenvalue weighted by molar-refractivity contribution is 8.01. The van der Waals surface area contributed by atoms with E-state index in [0.29, 0.717) is 0 Å². The Morgan fingerprint density at radius 1 is 1.50 bits per heavy atom. The van der Waals surface area contributed by atoms with Crippen molar-refractivity contribution >= 4 is 23.1 Å². The summed E-state index contributed by atoms with van der Waals surface area (Å²) in [5.41, 5.74) is 0. The van der Waals surface area contributed by atoms with Crippen LogP contribution in [0.4, 0.5) is 0 Å². The lowest BCUT2D eigenvalue weighted by Gasteiger charge is -2.23. The minimum Gasteiger partial charge on any atom is -0.143 e. The molecule has 2 nitrogen and oxygen atoms in total. The van der Waals surface area contributed by atoms with E-state index < -0.39 is 0 Å². The molecule has 0 radical (unpaired) electrons. The molecule has 1 aromatic rings. The van der Waals surface area contributed by atoms with Gasteiger partial charge in [0.1, 0.15) is 5.01 Å². The van der Waals surface area contributed by atoms with E-state index in [9.17, 15) is 0 Å². The predicted octanol–water partition coefficient (Wildman–Crippen LogP) is 2.74. The standard InChI is InChI=1S/C8H12N2S2/c1-6-9-10-8(12-6)11-5-7-3-2-4-7/h7H,2-5H2,1H3. The van der Waals surface area contributed by atoms with Gasteiger partial charge in [0.15, 0.2) is 4.34 Å². The van der Waals surface area contributed by atoms with Crippen LogP contribution in [0.15, 0.2) is 4.34 Å². The van der Waals surface area contributed by atoms with Gasteiger partial charge in [-0.05, 0) is 25.7 Å². The highest BCUT2D eigenvalue weighted by atomic mass is 32.2. The molecule has 1 heterocycles. The minimum absolute atomic E-state index is 0.958. The van der Waals surface area contributed by atoms with Crippen LogP contribution in [0.25, 0.3) is 0 Å². The second kappa shape index (κ2) is 3.75. The molecule has 4 heteroatoms. The molecule has 0 atom stereocenters. The number of rotatable bonds is 3. The van der Waals surface area contributed by atoms with Crippen molar-refractivity contribution in [2.75, 3.05) is 5.75 Å². The van der Waals surface area contributed by atoms with Gasteiger partial charge in [-0.25, -0.2) is 0 Å². The van der Waals surface area contributed by atoms with Crippen molar-refractivity contribution in [3.8, 4) is 0 Å². The van der Waals surface area contributed by atoms with Crippen LogP contribution in [0.3, 0.4) is 0 Å². The van der Waals surface area contributed by atoms with Crippen molar-refractivity contribution in [3.05, 3.63) is 5.01 Å². The molecule has 1 aliphatic carbocycles. The van der Waals surface area contributed by atoms with Crippen molar-refractivity contribution in [1.82, 2.24) is 10.2 Å². The Bertz CT molecular complexity index is 255. The van der Waals surface area contributed by atoms with Crippen LogP contribution in [0.2, 0.25) is 0 Å². The quantitative estimate of drug-likeness (QED) is 0.702. The molecule has 0 unspecified atom stereocenters. The van der Waals surface area contributed by atoms with Crippen molar-refractivity contribution in [2.45, 2.75) is 30.5 Å². The van der Waals surface area contributed by atoms with E-state index in [1.54, 1.807) is 11.3 Å². The first kappa shape index (κ1) is 8.51. The third-order valence-corrected chi connectivity index (χ3v) is 4.38. The molecule has 0 N–H and O–H groups in total. The van der Waals surface area contributed by atoms with Crippen LogP contribution in [-0.2, 0) is 0 Å². The summed E-state index contributed by atoms with van der Waals surface area (Å²) in [5.74, 6) is 2.20. The zero-order valence-corrected chi connectivity index (χ0v) is 8.75. The lowest BCUT2D eigenvalue weighted by molar-refractivity contribution is 0.353. The maximum Gasteiger partial charge on any atom is 0.174 e. The predicted molar refractivity (Wildman–Crippen MR) is 52.7 cm³/mol. The van der Waals surface area contributed by atoms with Crippen LogP contribution in [0.5, 0.6) is 0 Å². The molecule has 66 valence electrons. The van der Waals surface area contributed by atoms with Crippen molar-refractivity contribution in [2.24, 2.45) is 5.92 Å². The largest absolute Gasteiger partial charge is 0.174 e. The summed E-state index contributed by atoms with van der Waals surface area (Å²) >= 11 is 3.58. The Hall–Kier alpha value is -0.0900. The van der Waals surface area contributed by atoms with E-state index in [1.165, 1.54) is 25.0 Å². The first-order chi connectivity index (χ1) is 5.84. The first-order valence-corrected chi connectivity index (χ1v) is 6.08. The summed E-state index contributed by atoms with van der Waals surface area (Å²) in [6.07, 6.45) is 4.27. The molecular weight excluding hydrogens is 188 g/mol. The van der Waals surface area contributed by atoms with E-state index in [-0.39, 0.29) is 0 Å². The van der Waals surface area contributed by atoms with Crippen molar-refractivity contribution < 1.29 is 0 Å². The van der Waals surface area contributed by atoms with Gasteiger partial charge in [0.2, 0.25) is 0 Å². The Morgan fingerprint density at radius 2 is 2.33 bits per heavy atom. The topological polar surface area (TPSA) is 25.8 Å². The molecule has 0 saturated heterocycles. The lowest BCUT2D eigenvalue weighted by atomic mass is 9.87. The molecule has 0 spiro atoms. The van der Waals surface area contributed by atoms with Gasteiger partial charge < -0.3 is 0 Å². The maximum atomic E-state index is 4.08. The van der Waals surface area contributed by atoms with Gasteiger partial charge in [0, 0.05) is 5.75 Å². The molecule has 1 aliphatic rings. The zero-order valence-electron chi connectivity index (χ0n) is 7.12. The number of thioether (sulfide) groups is 1. The molecule has 2 rings (SSSR count). The van der Waals surface area contributed by atoms with Gasteiger partial charge in [-0.2, -0.15) is 0 Å². The summed E-state index contributed by atoms with van der Waals surface area (Å²) in [6, 6.07) is 0. The van der Waals surface area contributed by atoms with Crippen LogP contribution in [0.1, 0.15) is 24.3 Å². The van der Waals surface area contributed by atoms with Crippen LogP contribution < -0.4 is 0 Å². The average Bonchev–Trinajstić information content (AvgIpc) is 2.32. The number of aromatic nitrogens is 2. The molecule has 0 amide bonds. The highest BCUT2D eigenvalue weighted by Gasteiger charge is 2.17. The maximum absolute atomic E-state index is 4.08. The van der Waals surface area contributed by atoms with Gasteiger partial charge >= 0.3 is 0 Å². The minimum atomic E-state index is 0.958. The number of hydrogen-bond acceptors (Lipinski definition) is 4. The number of nitrogens with zero attached hydrogens (tertiary/aromatic N) is 2. The molecule has 0 aliphatic heterocycles. The van der Waals surface area contributed by atoms with Crippen LogP contribution in [0, 0.1) is 12.8 Å². The third-order valence-electron chi connectivity index (χ3n) is 2.17. The fourth-order valence-electron chi connectivity index (χ4n) is 1.19. The molecule has 0 bridgehead atoms. The van der Waals surface area contributed by atoms with Crippen molar-refractivity contribution in [1.29, 1.82) is 0 Å². The average molecular weight is 200 g/mol. The van der Waals surface area contributed by atoms with Crippen LogP contribution >= 0.6 is 23.1 Å². The molecule has 12 heavy (non-hydrogen) atoms. The smallest absolute Gasteiger partial charge is 0.143 e. The first-order valence-electron chi connectivity index (χ1n) is 4.27. The molecule has 0 aromatic carbocycles. The fourth-order valence-corrected chi connectivity index (χ4v) is 3.21. The summed E-state index contributed by atoms with van der Waals surface area (Å²) in [5, 5.41) is 9.14. The second-order valence-corrected chi connectivity index (χ2v) is 5.64. The molecule has 1 fully saturated rings. The Morgan fingerprint density at radius 3 is 2.83 bits per heavy atom. The van der Waals surface area contributed by atoms with Crippen molar-refractivity contribution in [3.63, 3.8) is 0 Å². The Balaban J connectivity index is 1.79. The van der Waals surface area contributed by atoms with Gasteiger partial charge in [0.25, 0.3) is 0 Å². The molecular formula is C8H12N2S2. The Kier molecular flexibility index (Phi) is 2.66. The number of hydrogen-bond donors (Lipinski definition) is 0. The van der Waals surface area contributed by atoms with Gasteiger partial charge in [0.05, 0.1) is 0 Å². The number of aryl methyl sites for hydroxylation is 1. The SMILES string of the molecule is Cc1nnc(SCC2CCC2)s1. The summed E-state index contributed by atoms with van der Waals surface area (Å²) in [4.78, 5) is 0. The van der Waals surface area contributed by atoms with E-state index in [1.807, 2.05) is 18.7 Å². The normalized spacial score (nSPS) is 17.8. The Labute approximate surface area is 80.8 Å². The van der Waals surface area contributed by atoms with E-state index in [4.69, 9.17) is 0 Å². The van der Waals surface area contributed by atoms with Crippen LogP contribution in [-0.4, -0.2) is 16.0 Å². The fraction of sp³-hybridized carbons (Fsp3) is 0.750. The molecule has 1 saturated carbocycles. The van der Waals surface area contributed by atoms with E-state index in [0.717, 1.165) is 15.3 Å². The summed E-state index contributed by atoms with van der Waals surface area (Å²) in [7, 11) is 0. The van der Waals surface area contributed by atoms with E-state index in [2.05, 4.69) is 10.2 Å². The van der Waals surface area contributed by atoms with Gasteiger partial charge in [-0.15, -0.1) is 10.2 Å². The third kappa shape index (κ3) is 1.98. The monoisotopic (exact) mass is 200 g/mol. The second-order valence-electron chi connectivity index (χ2n) is 3.19. The van der Waals surface area contributed by atoms with Gasteiger partial charge in [-0.1, -0.05) is 29.5 Å². The van der Waals surface area contributed by atoms with E-state index >= 15 is 0 Å². The zero-order chi connectivity index (χ0) is 8.39. The lowest BCUT2D eigenvalue weighted by Crippen LogP contribution is -2.12.